The van der Waals surface area contributed by atoms with E-state index < -0.39 is 13.0 Å². The van der Waals surface area contributed by atoms with E-state index in [0.29, 0.717) is 5.69 Å². The molecule has 1 aromatic carbocycles. The van der Waals surface area contributed by atoms with E-state index >= 15 is 0 Å². The number of methoxy groups -OCH3 is 1. The average Bonchev–Trinajstić information content (AvgIpc) is 2.43. The minimum absolute atomic E-state index is 0. The molecule has 0 radical (unpaired) electrons. The Labute approximate surface area is 128 Å². The number of amides is 1. The van der Waals surface area contributed by atoms with Gasteiger partial charge in [-0.2, -0.15) is 0 Å². The Morgan fingerprint density at radius 2 is 2.05 bits per heavy atom. The number of nitrogens with two attached hydrogens (primary N) is 1. The lowest BCUT2D eigenvalue weighted by Gasteiger charge is -2.15. The number of ether oxygens (including phenoxy) is 2. The normalized spacial score (nSPS) is 11.7. The van der Waals surface area contributed by atoms with Crippen LogP contribution in [0.15, 0.2) is 24.3 Å². The number of rotatable bonds is 8. The van der Waals surface area contributed by atoms with Crippen molar-refractivity contribution in [2.45, 2.75) is 19.0 Å². The fraction of sp³-hybridized carbons (Fsp3) is 0.462. The molecule has 1 unspecified atom stereocenters. The third-order valence-corrected chi connectivity index (χ3v) is 2.54. The molecule has 1 atom stereocenters. The van der Waals surface area contributed by atoms with Crippen LogP contribution in [-0.2, 0) is 9.53 Å². The van der Waals surface area contributed by atoms with Crippen LogP contribution in [0.3, 0.4) is 0 Å². The highest BCUT2D eigenvalue weighted by atomic mass is 35.5. The zero-order valence-electron chi connectivity index (χ0n) is 11.6. The zero-order valence-corrected chi connectivity index (χ0v) is 12.4. The largest absolute Gasteiger partial charge is 0.485 e. The SMILES string of the molecule is COC(CN)CC(=O)Nc1ccccc1OCC(F)F.Cl. The highest BCUT2D eigenvalue weighted by molar-refractivity contribution is 5.92. The van der Waals surface area contributed by atoms with Crippen molar-refractivity contribution in [2.75, 3.05) is 25.6 Å². The Bertz CT molecular complexity index is 432. The molecule has 3 N–H and O–H groups in total. The summed E-state index contributed by atoms with van der Waals surface area (Å²) in [6.45, 7) is -0.510. The average molecular weight is 325 g/mol. The molecule has 1 aromatic rings. The second kappa shape index (κ2) is 10.3. The molecule has 0 aliphatic carbocycles. The predicted molar refractivity (Wildman–Crippen MR) is 78.3 cm³/mol. The lowest BCUT2D eigenvalue weighted by atomic mass is 10.2. The number of hydrogen-bond acceptors (Lipinski definition) is 4. The summed E-state index contributed by atoms with van der Waals surface area (Å²) in [6, 6.07) is 6.38. The second-order valence-corrected chi connectivity index (χ2v) is 4.04. The highest BCUT2D eigenvalue weighted by Crippen LogP contribution is 2.24. The van der Waals surface area contributed by atoms with Gasteiger partial charge >= 0.3 is 0 Å². The molecule has 120 valence electrons. The van der Waals surface area contributed by atoms with Crippen LogP contribution in [0.1, 0.15) is 6.42 Å². The maximum Gasteiger partial charge on any atom is 0.272 e. The van der Waals surface area contributed by atoms with Gasteiger partial charge in [-0.15, -0.1) is 12.4 Å². The standard InChI is InChI=1S/C13H18F2N2O3.ClH/c1-19-9(7-16)6-13(18)17-10-4-2-3-5-11(10)20-8-12(14)15;/h2-5,9,12H,6-8,16H2,1H3,(H,17,18);1H. The number of carbonyl (C=O) groups is 1. The first-order chi connectivity index (χ1) is 9.56. The van der Waals surface area contributed by atoms with E-state index in [1.807, 2.05) is 0 Å². The lowest BCUT2D eigenvalue weighted by Crippen LogP contribution is -2.28. The van der Waals surface area contributed by atoms with Crippen molar-refractivity contribution >= 4 is 24.0 Å². The van der Waals surface area contributed by atoms with Crippen molar-refractivity contribution < 1.29 is 23.0 Å². The number of alkyl halides is 2. The predicted octanol–water partition coefficient (Wildman–Crippen LogP) is 2.05. The minimum atomic E-state index is -2.58. The monoisotopic (exact) mass is 324 g/mol. The Hall–Kier alpha value is -1.44. The van der Waals surface area contributed by atoms with Gasteiger partial charge in [-0.3, -0.25) is 4.79 Å². The van der Waals surface area contributed by atoms with Crippen molar-refractivity contribution in [1.29, 1.82) is 0 Å². The van der Waals surface area contributed by atoms with Crippen molar-refractivity contribution in [1.82, 2.24) is 0 Å². The second-order valence-electron chi connectivity index (χ2n) is 4.04. The van der Waals surface area contributed by atoms with E-state index in [0.717, 1.165) is 0 Å². The third-order valence-electron chi connectivity index (χ3n) is 2.54. The number of anilines is 1. The molecule has 8 heteroatoms. The van der Waals surface area contributed by atoms with Crippen LogP contribution in [0.5, 0.6) is 5.75 Å². The summed E-state index contributed by atoms with van der Waals surface area (Å²) < 4.78 is 34.2. The molecule has 1 rings (SSSR count). The van der Waals surface area contributed by atoms with Gasteiger partial charge in [-0.1, -0.05) is 12.1 Å². The molecule has 1 amide bonds. The summed E-state index contributed by atoms with van der Waals surface area (Å²) in [4.78, 5) is 11.8. The van der Waals surface area contributed by atoms with Crippen molar-refractivity contribution in [3.8, 4) is 5.75 Å². The van der Waals surface area contributed by atoms with Crippen molar-refractivity contribution in [2.24, 2.45) is 5.73 Å². The van der Waals surface area contributed by atoms with Gasteiger partial charge in [0.1, 0.15) is 12.4 Å². The molecule has 0 spiro atoms. The molecule has 0 bridgehead atoms. The van der Waals surface area contributed by atoms with Gasteiger partial charge in [0.2, 0.25) is 5.91 Å². The summed E-state index contributed by atoms with van der Waals surface area (Å²) >= 11 is 0. The first kappa shape index (κ1) is 19.6. The summed E-state index contributed by atoms with van der Waals surface area (Å²) in [6.07, 6.45) is -2.88. The molecule has 0 heterocycles. The number of para-hydroxylation sites is 2. The Kier molecular flexibility index (Phi) is 9.60. The van der Waals surface area contributed by atoms with Gasteiger partial charge in [0.05, 0.1) is 18.2 Å². The Balaban J connectivity index is 0.00000400. The quantitative estimate of drug-likeness (QED) is 0.767. The number of carbonyl (C=O) groups excluding carboxylic acids is 1. The maximum absolute atomic E-state index is 12.1. The smallest absolute Gasteiger partial charge is 0.272 e. The molecule has 21 heavy (non-hydrogen) atoms. The van der Waals surface area contributed by atoms with E-state index in [9.17, 15) is 13.6 Å². The molecule has 0 aliphatic rings. The van der Waals surface area contributed by atoms with Gasteiger partial charge in [0.15, 0.2) is 0 Å². The fourth-order valence-corrected chi connectivity index (χ4v) is 1.52. The van der Waals surface area contributed by atoms with Crippen LogP contribution in [0.2, 0.25) is 0 Å². The van der Waals surface area contributed by atoms with Crippen LogP contribution in [0.25, 0.3) is 0 Å². The first-order valence-corrected chi connectivity index (χ1v) is 6.09. The number of hydrogen-bond donors (Lipinski definition) is 2. The molecule has 0 saturated heterocycles. The lowest BCUT2D eigenvalue weighted by molar-refractivity contribution is -0.118. The van der Waals surface area contributed by atoms with Crippen LogP contribution in [-0.4, -0.2) is 38.7 Å². The molecule has 0 fully saturated rings. The molecule has 0 aromatic heterocycles. The first-order valence-electron chi connectivity index (χ1n) is 6.09. The van der Waals surface area contributed by atoms with Crippen molar-refractivity contribution in [3.05, 3.63) is 24.3 Å². The summed E-state index contributed by atoms with van der Waals surface area (Å²) in [5.74, 6) is -0.127. The maximum atomic E-state index is 12.1. The van der Waals surface area contributed by atoms with E-state index in [2.05, 4.69) is 5.32 Å². The van der Waals surface area contributed by atoms with E-state index in [1.165, 1.54) is 13.2 Å². The number of nitrogens with one attached hydrogen (secondary N) is 1. The molecular formula is C13H19ClF2N2O3. The van der Waals surface area contributed by atoms with E-state index in [1.54, 1.807) is 18.2 Å². The molecular weight excluding hydrogens is 306 g/mol. The fourth-order valence-electron chi connectivity index (χ4n) is 1.52. The molecule has 0 saturated carbocycles. The Morgan fingerprint density at radius 1 is 1.38 bits per heavy atom. The minimum Gasteiger partial charge on any atom is -0.485 e. The summed E-state index contributed by atoms with van der Waals surface area (Å²) in [7, 11) is 1.46. The van der Waals surface area contributed by atoms with Crippen LogP contribution < -0.4 is 15.8 Å². The molecule has 0 aliphatic heterocycles. The third kappa shape index (κ3) is 7.22. The summed E-state index contributed by atoms with van der Waals surface area (Å²) in [5, 5.41) is 2.59. The van der Waals surface area contributed by atoms with E-state index in [-0.39, 0.29) is 43.1 Å². The van der Waals surface area contributed by atoms with Crippen LogP contribution in [0, 0.1) is 0 Å². The Morgan fingerprint density at radius 3 is 2.62 bits per heavy atom. The van der Waals surface area contributed by atoms with Gasteiger partial charge in [0.25, 0.3) is 6.43 Å². The number of halogens is 3. The van der Waals surface area contributed by atoms with Gasteiger partial charge < -0.3 is 20.5 Å². The van der Waals surface area contributed by atoms with Crippen molar-refractivity contribution in [3.63, 3.8) is 0 Å². The van der Waals surface area contributed by atoms with Crippen LogP contribution >= 0.6 is 12.4 Å². The van der Waals surface area contributed by atoms with Gasteiger partial charge in [-0.05, 0) is 12.1 Å². The summed E-state index contributed by atoms with van der Waals surface area (Å²) in [5.41, 5.74) is 5.76. The van der Waals surface area contributed by atoms with Gasteiger partial charge in [0, 0.05) is 13.7 Å². The highest BCUT2D eigenvalue weighted by Gasteiger charge is 2.14. The molecule has 5 nitrogen and oxygen atoms in total. The number of benzene rings is 1. The van der Waals surface area contributed by atoms with Crippen LogP contribution in [0.4, 0.5) is 14.5 Å². The van der Waals surface area contributed by atoms with E-state index in [4.69, 9.17) is 15.2 Å². The zero-order chi connectivity index (χ0) is 15.0. The van der Waals surface area contributed by atoms with Gasteiger partial charge in [-0.25, -0.2) is 8.78 Å². The topological polar surface area (TPSA) is 73.6 Å².